The maximum Gasteiger partial charge on any atom is 0.387 e. The van der Waals surface area contributed by atoms with Crippen molar-refractivity contribution in [1.29, 1.82) is 0 Å². The molecule has 0 saturated carbocycles. The molecule has 0 aliphatic heterocycles. The van der Waals surface area contributed by atoms with Crippen molar-refractivity contribution < 1.29 is 27.5 Å². The average Bonchev–Trinajstić information content (AvgIpc) is 3.20. The monoisotopic (exact) mass is 419 g/mol. The van der Waals surface area contributed by atoms with Gasteiger partial charge >= 0.3 is 6.61 Å². The SMILES string of the molecule is COc1ccc(CNC(=O)c2occc2CSc2ccccc2)cc1OC(F)F. The Kier molecular flexibility index (Phi) is 7.13. The summed E-state index contributed by atoms with van der Waals surface area (Å²) in [7, 11) is 1.36. The Morgan fingerprint density at radius 2 is 1.93 bits per heavy atom. The fraction of sp³-hybridized carbons (Fsp3) is 0.190. The molecule has 0 fully saturated rings. The van der Waals surface area contributed by atoms with E-state index in [0.717, 1.165) is 10.5 Å². The van der Waals surface area contributed by atoms with Gasteiger partial charge in [0.15, 0.2) is 17.3 Å². The second-order valence-electron chi connectivity index (χ2n) is 5.92. The highest BCUT2D eigenvalue weighted by molar-refractivity contribution is 7.98. The number of carbonyl (C=O) groups is 1. The number of carbonyl (C=O) groups excluding carboxylic acids is 1. The minimum absolute atomic E-state index is 0.0906. The van der Waals surface area contributed by atoms with Crippen LogP contribution in [0.15, 0.2) is 70.2 Å². The predicted octanol–water partition coefficient (Wildman–Crippen LogP) is 5.11. The maximum absolute atomic E-state index is 12.5. The molecule has 0 unspecified atom stereocenters. The van der Waals surface area contributed by atoms with Gasteiger partial charge in [-0.3, -0.25) is 4.79 Å². The zero-order valence-corrected chi connectivity index (χ0v) is 16.4. The number of furan rings is 1. The van der Waals surface area contributed by atoms with Crippen LogP contribution in [0.4, 0.5) is 8.78 Å². The van der Waals surface area contributed by atoms with Crippen LogP contribution < -0.4 is 14.8 Å². The molecule has 1 amide bonds. The second-order valence-corrected chi connectivity index (χ2v) is 6.97. The van der Waals surface area contributed by atoms with E-state index in [-0.39, 0.29) is 29.7 Å². The summed E-state index contributed by atoms with van der Waals surface area (Å²) in [6, 6.07) is 16.2. The maximum atomic E-state index is 12.5. The lowest BCUT2D eigenvalue weighted by Gasteiger charge is -2.12. The van der Waals surface area contributed by atoms with Crippen LogP contribution in [0.1, 0.15) is 21.7 Å². The third kappa shape index (κ3) is 5.74. The molecule has 3 rings (SSSR count). The molecule has 1 N–H and O–H groups in total. The summed E-state index contributed by atoms with van der Waals surface area (Å²) < 4.78 is 39.9. The van der Waals surface area contributed by atoms with Gasteiger partial charge in [-0.1, -0.05) is 24.3 Å². The van der Waals surface area contributed by atoms with E-state index in [9.17, 15) is 13.6 Å². The van der Waals surface area contributed by atoms with Crippen LogP contribution in [0.25, 0.3) is 0 Å². The number of ether oxygens (including phenoxy) is 2. The largest absolute Gasteiger partial charge is 0.493 e. The van der Waals surface area contributed by atoms with Crippen LogP contribution in [-0.2, 0) is 12.3 Å². The molecule has 2 aromatic carbocycles. The Bertz CT molecular complexity index is 947. The van der Waals surface area contributed by atoms with E-state index in [0.29, 0.717) is 11.3 Å². The molecule has 1 heterocycles. The lowest BCUT2D eigenvalue weighted by molar-refractivity contribution is -0.0512. The van der Waals surface area contributed by atoms with Crippen LogP contribution in [0.2, 0.25) is 0 Å². The molecule has 1 aromatic heterocycles. The Morgan fingerprint density at radius 1 is 1.14 bits per heavy atom. The highest BCUT2D eigenvalue weighted by Gasteiger charge is 2.16. The third-order valence-electron chi connectivity index (χ3n) is 3.99. The number of hydrogen-bond donors (Lipinski definition) is 1. The Hall–Kier alpha value is -3.00. The number of thioether (sulfide) groups is 1. The topological polar surface area (TPSA) is 60.7 Å². The first-order chi connectivity index (χ1) is 14.1. The van der Waals surface area contributed by atoms with E-state index in [1.807, 2.05) is 30.3 Å². The molecule has 0 aliphatic rings. The lowest BCUT2D eigenvalue weighted by atomic mass is 10.2. The van der Waals surface area contributed by atoms with E-state index < -0.39 is 6.61 Å². The van der Waals surface area contributed by atoms with Crippen LogP contribution in [0.5, 0.6) is 11.5 Å². The fourth-order valence-electron chi connectivity index (χ4n) is 2.61. The minimum atomic E-state index is -2.97. The standard InChI is InChI=1S/C21H19F2NO4S/c1-26-17-8-7-14(11-18(17)28-21(22)23)12-24-20(25)19-15(9-10-27-19)13-29-16-5-3-2-4-6-16/h2-11,21H,12-13H2,1H3,(H,24,25). The lowest BCUT2D eigenvalue weighted by Crippen LogP contribution is -2.23. The van der Waals surface area contributed by atoms with Crippen LogP contribution in [0, 0.1) is 0 Å². The number of nitrogens with one attached hydrogen (secondary N) is 1. The fourth-order valence-corrected chi connectivity index (χ4v) is 3.51. The van der Waals surface area contributed by atoms with Crippen molar-refractivity contribution in [1.82, 2.24) is 5.32 Å². The van der Waals surface area contributed by atoms with Gasteiger partial charge in [0.25, 0.3) is 5.91 Å². The summed E-state index contributed by atoms with van der Waals surface area (Å²) in [5.74, 6) is 0.522. The number of amides is 1. The number of alkyl halides is 2. The molecule has 8 heteroatoms. The van der Waals surface area contributed by atoms with Crippen LogP contribution >= 0.6 is 11.8 Å². The van der Waals surface area contributed by atoms with E-state index >= 15 is 0 Å². The molecule has 3 aromatic rings. The van der Waals surface area contributed by atoms with Gasteiger partial charge in [-0.05, 0) is 35.9 Å². The van der Waals surface area contributed by atoms with Gasteiger partial charge in [-0.2, -0.15) is 8.78 Å². The van der Waals surface area contributed by atoms with E-state index in [1.54, 1.807) is 23.9 Å². The van der Waals surface area contributed by atoms with Gasteiger partial charge < -0.3 is 19.2 Å². The van der Waals surface area contributed by atoms with Crippen molar-refractivity contribution in [3.05, 3.63) is 77.7 Å². The van der Waals surface area contributed by atoms with Gasteiger partial charge in [-0.25, -0.2) is 0 Å². The highest BCUT2D eigenvalue weighted by Crippen LogP contribution is 2.29. The molecule has 0 aliphatic carbocycles. The van der Waals surface area contributed by atoms with Crippen molar-refractivity contribution in [3.8, 4) is 11.5 Å². The average molecular weight is 419 g/mol. The zero-order chi connectivity index (χ0) is 20.6. The summed E-state index contributed by atoms with van der Waals surface area (Å²) in [6.45, 7) is -2.85. The molecule has 0 saturated heterocycles. The number of methoxy groups -OCH3 is 1. The molecule has 29 heavy (non-hydrogen) atoms. The van der Waals surface area contributed by atoms with Gasteiger partial charge in [0.2, 0.25) is 0 Å². The first kappa shape index (κ1) is 20.7. The minimum Gasteiger partial charge on any atom is -0.493 e. The van der Waals surface area contributed by atoms with Crippen molar-refractivity contribution >= 4 is 17.7 Å². The normalized spacial score (nSPS) is 10.8. The number of hydrogen-bond acceptors (Lipinski definition) is 5. The van der Waals surface area contributed by atoms with Gasteiger partial charge in [0.1, 0.15) is 0 Å². The van der Waals surface area contributed by atoms with Gasteiger partial charge in [0.05, 0.1) is 13.4 Å². The number of rotatable bonds is 9. The summed E-state index contributed by atoms with van der Waals surface area (Å²) in [6.07, 6.45) is 1.47. The molecular weight excluding hydrogens is 400 g/mol. The summed E-state index contributed by atoms with van der Waals surface area (Å²) in [5, 5.41) is 2.73. The molecule has 0 spiro atoms. The highest BCUT2D eigenvalue weighted by atomic mass is 32.2. The van der Waals surface area contributed by atoms with Gasteiger partial charge in [0, 0.05) is 22.8 Å². The first-order valence-corrected chi connectivity index (χ1v) is 9.69. The molecular formula is C21H19F2NO4S. The van der Waals surface area contributed by atoms with Crippen molar-refractivity contribution in [2.24, 2.45) is 0 Å². The van der Waals surface area contributed by atoms with Crippen molar-refractivity contribution in [3.63, 3.8) is 0 Å². The molecule has 0 atom stereocenters. The predicted molar refractivity (Wildman–Crippen MR) is 106 cm³/mol. The second kappa shape index (κ2) is 9.97. The van der Waals surface area contributed by atoms with Crippen LogP contribution in [0.3, 0.4) is 0 Å². The number of halogens is 2. The van der Waals surface area contributed by atoms with Gasteiger partial charge in [-0.15, -0.1) is 11.8 Å². The molecule has 152 valence electrons. The Balaban J connectivity index is 1.62. The molecule has 0 bridgehead atoms. The summed E-state index contributed by atoms with van der Waals surface area (Å²) in [4.78, 5) is 13.6. The van der Waals surface area contributed by atoms with E-state index in [4.69, 9.17) is 9.15 Å². The third-order valence-corrected chi connectivity index (χ3v) is 5.05. The Labute approximate surface area is 171 Å². The Morgan fingerprint density at radius 3 is 2.66 bits per heavy atom. The smallest absolute Gasteiger partial charge is 0.387 e. The van der Waals surface area contributed by atoms with E-state index in [1.165, 1.54) is 25.5 Å². The van der Waals surface area contributed by atoms with Crippen molar-refractivity contribution in [2.75, 3.05) is 7.11 Å². The molecule has 0 radical (unpaired) electrons. The molecule has 5 nitrogen and oxygen atoms in total. The first-order valence-electron chi connectivity index (χ1n) is 8.71. The van der Waals surface area contributed by atoms with E-state index in [2.05, 4.69) is 10.1 Å². The summed E-state index contributed by atoms with van der Waals surface area (Å²) in [5.41, 5.74) is 1.36. The quantitative estimate of drug-likeness (QED) is 0.488. The zero-order valence-electron chi connectivity index (χ0n) is 15.6. The van der Waals surface area contributed by atoms with Crippen molar-refractivity contribution in [2.45, 2.75) is 23.8 Å². The number of benzene rings is 2. The van der Waals surface area contributed by atoms with Crippen LogP contribution in [-0.4, -0.2) is 19.6 Å². The summed E-state index contributed by atoms with van der Waals surface area (Å²) >= 11 is 1.59.